The predicted molar refractivity (Wildman–Crippen MR) is 158 cm³/mol. The standard InChI is InChI=1S/C32H35N5O2/c1-7-37(6)30(39)22-15-17-23(18-16-22)34-31-33-20-19-28(36-31)24-12-10-14-27(21(24)2)35-29(38)25-11-8-9-13-26(25)32(3,4)5/h8-20H,7H2,1-6H3,(H,35,38)(H,33,34,36). The third-order valence-corrected chi connectivity index (χ3v) is 6.70. The van der Waals surface area contributed by atoms with Crippen molar-refractivity contribution < 1.29 is 9.59 Å². The number of hydrogen-bond acceptors (Lipinski definition) is 5. The number of nitrogens with zero attached hydrogens (tertiary/aromatic N) is 3. The summed E-state index contributed by atoms with van der Waals surface area (Å²) in [6, 6.07) is 22.6. The van der Waals surface area contributed by atoms with Crippen molar-refractivity contribution in [2.24, 2.45) is 0 Å². The summed E-state index contributed by atoms with van der Waals surface area (Å²) in [5.41, 5.74) is 6.17. The number of aromatic nitrogens is 2. The van der Waals surface area contributed by atoms with E-state index in [0.717, 1.165) is 33.8 Å². The monoisotopic (exact) mass is 521 g/mol. The Hall–Kier alpha value is -4.52. The minimum atomic E-state index is -0.156. The summed E-state index contributed by atoms with van der Waals surface area (Å²) in [5.74, 6) is 0.273. The lowest BCUT2D eigenvalue weighted by Crippen LogP contribution is -2.26. The maximum Gasteiger partial charge on any atom is 0.255 e. The van der Waals surface area contributed by atoms with E-state index in [1.807, 2.05) is 74.5 Å². The van der Waals surface area contributed by atoms with Gasteiger partial charge in [0.1, 0.15) is 0 Å². The maximum atomic E-state index is 13.3. The Balaban J connectivity index is 1.55. The number of carbonyl (C=O) groups is 2. The largest absolute Gasteiger partial charge is 0.342 e. The number of carbonyl (C=O) groups excluding carboxylic acids is 2. The SMILES string of the molecule is CCN(C)C(=O)c1ccc(Nc2nccc(-c3cccc(NC(=O)c4ccccc4C(C)(C)C)c3C)n2)cc1. The van der Waals surface area contributed by atoms with Gasteiger partial charge in [0.15, 0.2) is 0 Å². The average molecular weight is 522 g/mol. The molecule has 200 valence electrons. The molecule has 3 aromatic carbocycles. The molecule has 2 amide bonds. The topological polar surface area (TPSA) is 87.2 Å². The van der Waals surface area contributed by atoms with Crippen molar-refractivity contribution in [2.45, 2.75) is 40.0 Å². The molecule has 7 heteroatoms. The van der Waals surface area contributed by atoms with Gasteiger partial charge in [0, 0.05) is 47.9 Å². The molecule has 0 fully saturated rings. The molecule has 1 aromatic heterocycles. The molecule has 0 aliphatic carbocycles. The Morgan fingerprint density at radius 3 is 2.33 bits per heavy atom. The molecule has 7 nitrogen and oxygen atoms in total. The van der Waals surface area contributed by atoms with E-state index in [1.54, 1.807) is 30.3 Å². The quantitative estimate of drug-likeness (QED) is 0.278. The van der Waals surface area contributed by atoms with Gasteiger partial charge in [-0.25, -0.2) is 9.97 Å². The molecule has 0 saturated heterocycles. The summed E-state index contributed by atoms with van der Waals surface area (Å²) in [6.07, 6.45) is 1.70. The highest BCUT2D eigenvalue weighted by Crippen LogP contribution is 2.30. The Morgan fingerprint density at radius 1 is 0.923 bits per heavy atom. The second-order valence-corrected chi connectivity index (χ2v) is 10.5. The van der Waals surface area contributed by atoms with Crippen molar-refractivity contribution in [3.63, 3.8) is 0 Å². The van der Waals surface area contributed by atoms with Gasteiger partial charge in [-0.3, -0.25) is 9.59 Å². The van der Waals surface area contributed by atoms with E-state index in [4.69, 9.17) is 4.98 Å². The maximum absolute atomic E-state index is 13.3. The first-order chi connectivity index (χ1) is 18.6. The lowest BCUT2D eigenvalue weighted by Gasteiger charge is -2.22. The molecule has 0 atom stereocenters. The molecule has 39 heavy (non-hydrogen) atoms. The summed E-state index contributed by atoms with van der Waals surface area (Å²) < 4.78 is 0. The lowest BCUT2D eigenvalue weighted by atomic mass is 9.83. The van der Waals surface area contributed by atoms with Gasteiger partial charge in [0.05, 0.1) is 5.69 Å². The third-order valence-electron chi connectivity index (χ3n) is 6.70. The fourth-order valence-electron chi connectivity index (χ4n) is 4.33. The number of anilines is 3. The molecule has 0 aliphatic heterocycles. The molecule has 4 aromatic rings. The molecule has 0 saturated carbocycles. The van der Waals surface area contributed by atoms with Gasteiger partial charge in [-0.1, -0.05) is 51.1 Å². The van der Waals surface area contributed by atoms with Gasteiger partial charge in [-0.05, 0) is 72.9 Å². The molecule has 0 radical (unpaired) electrons. The van der Waals surface area contributed by atoms with Crippen LogP contribution in [0.1, 0.15) is 59.5 Å². The Morgan fingerprint density at radius 2 is 1.64 bits per heavy atom. The second kappa shape index (κ2) is 11.5. The average Bonchev–Trinajstić information content (AvgIpc) is 2.93. The summed E-state index contributed by atoms with van der Waals surface area (Å²) in [6.45, 7) is 10.9. The highest BCUT2D eigenvalue weighted by molar-refractivity contribution is 6.06. The van der Waals surface area contributed by atoms with Gasteiger partial charge in [0.2, 0.25) is 5.95 Å². The van der Waals surface area contributed by atoms with Crippen LogP contribution >= 0.6 is 0 Å². The smallest absolute Gasteiger partial charge is 0.255 e. The number of amides is 2. The van der Waals surface area contributed by atoms with Crippen molar-refractivity contribution >= 4 is 29.1 Å². The molecule has 0 spiro atoms. The Labute approximate surface area is 230 Å². The van der Waals surface area contributed by atoms with Crippen LogP contribution in [0.5, 0.6) is 0 Å². The highest BCUT2D eigenvalue weighted by atomic mass is 16.2. The first-order valence-electron chi connectivity index (χ1n) is 13.0. The normalized spacial score (nSPS) is 11.1. The molecule has 1 heterocycles. The first kappa shape index (κ1) is 27.5. The molecule has 0 aliphatic rings. The van der Waals surface area contributed by atoms with Crippen LogP contribution in [-0.4, -0.2) is 40.3 Å². The minimum Gasteiger partial charge on any atom is -0.342 e. The van der Waals surface area contributed by atoms with Gasteiger partial charge < -0.3 is 15.5 Å². The van der Waals surface area contributed by atoms with Crippen LogP contribution in [0, 0.1) is 6.92 Å². The van der Waals surface area contributed by atoms with Crippen LogP contribution in [-0.2, 0) is 5.41 Å². The predicted octanol–water partition coefficient (Wildman–Crippen LogP) is 6.84. The molecular weight excluding hydrogens is 486 g/mol. The zero-order chi connectivity index (χ0) is 28.2. The van der Waals surface area contributed by atoms with E-state index in [2.05, 4.69) is 36.4 Å². The van der Waals surface area contributed by atoms with E-state index in [0.29, 0.717) is 23.6 Å². The van der Waals surface area contributed by atoms with Crippen LogP contribution in [0.3, 0.4) is 0 Å². The third kappa shape index (κ3) is 6.32. The second-order valence-electron chi connectivity index (χ2n) is 10.5. The van der Waals surface area contributed by atoms with E-state index in [9.17, 15) is 9.59 Å². The van der Waals surface area contributed by atoms with Crippen molar-refractivity contribution in [3.05, 3.63) is 101 Å². The lowest BCUT2D eigenvalue weighted by molar-refractivity contribution is 0.0802. The molecule has 0 unspecified atom stereocenters. The number of rotatable bonds is 7. The number of hydrogen-bond donors (Lipinski definition) is 2. The zero-order valence-electron chi connectivity index (χ0n) is 23.4. The number of benzene rings is 3. The van der Waals surface area contributed by atoms with Crippen molar-refractivity contribution in [3.8, 4) is 11.3 Å². The van der Waals surface area contributed by atoms with Crippen LogP contribution < -0.4 is 10.6 Å². The van der Waals surface area contributed by atoms with Crippen LogP contribution in [0.2, 0.25) is 0 Å². The van der Waals surface area contributed by atoms with E-state index >= 15 is 0 Å². The Kier molecular flexibility index (Phi) is 8.10. The Bertz CT molecular complexity index is 1490. The minimum absolute atomic E-state index is 0.0216. The van der Waals surface area contributed by atoms with Crippen molar-refractivity contribution in [2.75, 3.05) is 24.2 Å². The van der Waals surface area contributed by atoms with Crippen molar-refractivity contribution in [1.82, 2.24) is 14.9 Å². The molecule has 0 bridgehead atoms. The van der Waals surface area contributed by atoms with Crippen LogP contribution in [0.4, 0.5) is 17.3 Å². The van der Waals surface area contributed by atoms with Crippen LogP contribution in [0.25, 0.3) is 11.3 Å². The summed E-state index contributed by atoms with van der Waals surface area (Å²) >= 11 is 0. The molecule has 4 rings (SSSR count). The van der Waals surface area contributed by atoms with Gasteiger partial charge >= 0.3 is 0 Å². The first-order valence-corrected chi connectivity index (χ1v) is 13.0. The summed E-state index contributed by atoms with van der Waals surface area (Å²) in [5, 5.41) is 6.32. The van der Waals surface area contributed by atoms with Crippen molar-refractivity contribution in [1.29, 1.82) is 0 Å². The van der Waals surface area contributed by atoms with E-state index in [-0.39, 0.29) is 17.2 Å². The highest BCUT2D eigenvalue weighted by Gasteiger charge is 2.22. The summed E-state index contributed by atoms with van der Waals surface area (Å²) in [4.78, 5) is 36.4. The van der Waals surface area contributed by atoms with Gasteiger partial charge in [-0.2, -0.15) is 0 Å². The fourth-order valence-corrected chi connectivity index (χ4v) is 4.33. The van der Waals surface area contributed by atoms with E-state index < -0.39 is 0 Å². The van der Waals surface area contributed by atoms with Crippen LogP contribution in [0.15, 0.2) is 79.0 Å². The summed E-state index contributed by atoms with van der Waals surface area (Å²) in [7, 11) is 1.78. The molecule has 2 N–H and O–H groups in total. The van der Waals surface area contributed by atoms with E-state index in [1.165, 1.54) is 0 Å². The number of nitrogens with one attached hydrogen (secondary N) is 2. The van der Waals surface area contributed by atoms with Gasteiger partial charge in [-0.15, -0.1) is 0 Å². The fraction of sp³-hybridized carbons (Fsp3) is 0.250. The molecular formula is C32H35N5O2. The van der Waals surface area contributed by atoms with Gasteiger partial charge in [0.25, 0.3) is 11.8 Å². The zero-order valence-corrected chi connectivity index (χ0v) is 23.4.